The zero-order chi connectivity index (χ0) is 14.0. The number of hydrogen-bond acceptors (Lipinski definition) is 5. The molecule has 0 aliphatic heterocycles. The molecule has 0 radical (unpaired) electrons. The van der Waals surface area contributed by atoms with Crippen LogP contribution in [-0.4, -0.2) is 19.4 Å². The van der Waals surface area contributed by atoms with Gasteiger partial charge in [0, 0.05) is 18.2 Å². The summed E-state index contributed by atoms with van der Waals surface area (Å²) in [6, 6.07) is 3.30. The van der Waals surface area contributed by atoms with Crippen LogP contribution in [0.2, 0.25) is 0 Å². The number of non-ortho nitro benzene ring substituents is 1. The van der Waals surface area contributed by atoms with Gasteiger partial charge in [-0.3, -0.25) is 10.1 Å². The van der Waals surface area contributed by atoms with Crippen LogP contribution in [0.1, 0.15) is 25.7 Å². The smallest absolute Gasteiger partial charge is 0.271 e. The number of nitrogens with zero attached hydrogens (tertiary/aromatic N) is 1. The van der Waals surface area contributed by atoms with Gasteiger partial charge in [0.1, 0.15) is 4.90 Å². The van der Waals surface area contributed by atoms with E-state index in [-0.39, 0.29) is 22.3 Å². The second-order valence-electron chi connectivity index (χ2n) is 4.58. The van der Waals surface area contributed by atoms with Crippen LogP contribution in [-0.2, 0) is 10.0 Å². The summed E-state index contributed by atoms with van der Waals surface area (Å²) in [5.74, 6) is 0. The van der Waals surface area contributed by atoms with Crippen molar-refractivity contribution in [2.24, 2.45) is 0 Å². The molecule has 1 aromatic rings. The number of hydrogen-bond donors (Lipinski definition) is 2. The standard InChI is InChI=1S/C11H15N3O4S/c12-10-7-9(14(15)16)5-6-11(10)19(17,18)13-8-3-1-2-4-8/h5-8,13H,1-4,12H2. The third-order valence-corrected chi connectivity index (χ3v) is 4.77. The number of benzene rings is 1. The lowest BCUT2D eigenvalue weighted by atomic mass is 10.3. The fourth-order valence-electron chi connectivity index (χ4n) is 2.22. The first kappa shape index (κ1) is 13.8. The summed E-state index contributed by atoms with van der Waals surface area (Å²) in [6.45, 7) is 0. The molecule has 1 saturated carbocycles. The molecule has 0 aromatic heterocycles. The summed E-state index contributed by atoms with van der Waals surface area (Å²) >= 11 is 0. The number of nitro benzene ring substituents is 1. The Morgan fingerprint density at radius 3 is 2.47 bits per heavy atom. The third-order valence-electron chi connectivity index (χ3n) is 3.17. The van der Waals surface area contributed by atoms with Gasteiger partial charge in [-0.2, -0.15) is 0 Å². The first-order valence-corrected chi connectivity index (χ1v) is 7.45. The van der Waals surface area contributed by atoms with E-state index in [1.54, 1.807) is 0 Å². The molecule has 3 N–H and O–H groups in total. The van der Waals surface area contributed by atoms with Crippen LogP contribution in [0.5, 0.6) is 0 Å². The Balaban J connectivity index is 2.27. The van der Waals surface area contributed by atoms with E-state index in [2.05, 4.69) is 4.72 Å². The Hall–Kier alpha value is -1.67. The Bertz CT molecular complexity index is 594. The second-order valence-corrected chi connectivity index (χ2v) is 6.26. The monoisotopic (exact) mass is 285 g/mol. The second kappa shape index (κ2) is 5.14. The maximum Gasteiger partial charge on any atom is 0.271 e. The van der Waals surface area contributed by atoms with Gasteiger partial charge in [-0.25, -0.2) is 13.1 Å². The van der Waals surface area contributed by atoms with Crippen molar-refractivity contribution < 1.29 is 13.3 Å². The van der Waals surface area contributed by atoms with Gasteiger partial charge < -0.3 is 5.73 Å². The molecule has 0 atom stereocenters. The zero-order valence-electron chi connectivity index (χ0n) is 10.2. The molecule has 1 aromatic carbocycles. The SMILES string of the molecule is Nc1cc([N+](=O)[O-])ccc1S(=O)(=O)NC1CCCC1. The highest BCUT2D eigenvalue weighted by Gasteiger charge is 2.25. The number of nitrogen functional groups attached to an aromatic ring is 1. The van der Waals surface area contributed by atoms with Gasteiger partial charge in [0.15, 0.2) is 0 Å². The molecule has 1 aliphatic rings. The highest BCUT2D eigenvalue weighted by atomic mass is 32.2. The molecular weight excluding hydrogens is 270 g/mol. The van der Waals surface area contributed by atoms with E-state index in [0.717, 1.165) is 37.8 Å². The van der Waals surface area contributed by atoms with Gasteiger partial charge in [-0.15, -0.1) is 0 Å². The van der Waals surface area contributed by atoms with E-state index < -0.39 is 14.9 Å². The first-order valence-electron chi connectivity index (χ1n) is 5.96. The third kappa shape index (κ3) is 3.02. The number of nitrogens with one attached hydrogen (secondary N) is 1. The predicted octanol–water partition coefficient (Wildman–Crippen LogP) is 1.40. The number of anilines is 1. The molecule has 2 rings (SSSR count). The Labute approximate surface area is 111 Å². The molecule has 1 fully saturated rings. The van der Waals surface area contributed by atoms with Gasteiger partial charge in [-0.1, -0.05) is 12.8 Å². The molecule has 0 unspecified atom stereocenters. The van der Waals surface area contributed by atoms with Crippen molar-refractivity contribution in [3.05, 3.63) is 28.3 Å². The Morgan fingerprint density at radius 2 is 1.95 bits per heavy atom. The maximum atomic E-state index is 12.1. The largest absolute Gasteiger partial charge is 0.397 e. The van der Waals surface area contributed by atoms with Crippen molar-refractivity contribution in [2.75, 3.05) is 5.73 Å². The molecule has 0 bridgehead atoms. The van der Waals surface area contributed by atoms with Crippen molar-refractivity contribution >= 4 is 21.4 Å². The molecule has 0 saturated heterocycles. The lowest BCUT2D eigenvalue weighted by Crippen LogP contribution is -2.33. The molecule has 0 spiro atoms. The van der Waals surface area contributed by atoms with Crippen molar-refractivity contribution in [1.29, 1.82) is 0 Å². The van der Waals surface area contributed by atoms with Gasteiger partial charge in [0.05, 0.1) is 10.6 Å². The fourth-order valence-corrected chi connectivity index (χ4v) is 3.64. The quantitative estimate of drug-likeness (QED) is 0.493. The van der Waals surface area contributed by atoms with E-state index in [1.807, 2.05) is 0 Å². The van der Waals surface area contributed by atoms with E-state index in [0.29, 0.717) is 0 Å². The van der Waals surface area contributed by atoms with Crippen LogP contribution >= 0.6 is 0 Å². The zero-order valence-corrected chi connectivity index (χ0v) is 11.0. The summed E-state index contributed by atoms with van der Waals surface area (Å²) in [7, 11) is -3.71. The van der Waals surface area contributed by atoms with Crippen LogP contribution in [0.3, 0.4) is 0 Å². The minimum absolute atomic E-state index is 0.0698. The summed E-state index contributed by atoms with van der Waals surface area (Å²) in [5, 5.41) is 10.6. The lowest BCUT2D eigenvalue weighted by molar-refractivity contribution is -0.384. The summed E-state index contributed by atoms with van der Waals surface area (Å²) in [4.78, 5) is 9.86. The highest BCUT2D eigenvalue weighted by molar-refractivity contribution is 7.89. The molecule has 7 nitrogen and oxygen atoms in total. The van der Waals surface area contributed by atoms with Gasteiger partial charge in [-0.05, 0) is 18.9 Å². The molecule has 0 heterocycles. The van der Waals surface area contributed by atoms with Crippen molar-refractivity contribution in [3.8, 4) is 0 Å². The molecule has 104 valence electrons. The van der Waals surface area contributed by atoms with Crippen molar-refractivity contribution in [3.63, 3.8) is 0 Å². The van der Waals surface area contributed by atoms with Crippen LogP contribution in [0.25, 0.3) is 0 Å². The summed E-state index contributed by atoms with van der Waals surface area (Å²) < 4.78 is 26.8. The molecule has 0 amide bonds. The van der Waals surface area contributed by atoms with Gasteiger partial charge in [0.2, 0.25) is 10.0 Å². The van der Waals surface area contributed by atoms with Gasteiger partial charge in [0.25, 0.3) is 5.69 Å². The predicted molar refractivity (Wildman–Crippen MR) is 70.1 cm³/mol. The Kier molecular flexibility index (Phi) is 3.72. The number of sulfonamides is 1. The summed E-state index contributed by atoms with van der Waals surface area (Å²) in [5.41, 5.74) is 5.26. The molecule has 8 heteroatoms. The molecule has 1 aliphatic carbocycles. The van der Waals surface area contributed by atoms with Crippen LogP contribution in [0.4, 0.5) is 11.4 Å². The van der Waals surface area contributed by atoms with E-state index in [4.69, 9.17) is 5.73 Å². The van der Waals surface area contributed by atoms with E-state index in [9.17, 15) is 18.5 Å². The van der Waals surface area contributed by atoms with Crippen LogP contribution in [0, 0.1) is 10.1 Å². The van der Waals surface area contributed by atoms with E-state index in [1.165, 1.54) is 6.07 Å². The van der Waals surface area contributed by atoms with Crippen LogP contribution < -0.4 is 10.5 Å². The number of nitrogens with two attached hydrogens (primary N) is 1. The maximum absolute atomic E-state index is 12.1. The van der Waals surface area contributed by atoms with E-state index >= 15 is 0 Å². The highest BCUT2D eigenvalue weighted by Crippen LogP contribution is 2.26. The number of rotatable bonds is 4. The minimum Gasteiger partial charge on any atom is -0.397 e. The average molecular weight is 285 g/mol. The Morgan fingerprint density at radius 1 is 1.32 bits per heavy atom. The normalized spacial score (nSPS) is 16.6. The van der Waals surface area contributed by atoms with Crippen LogP contribution in [0.15, 0.2) is 23.1 Å². The molecular formula is C11H15N3O4S. The van der Waals surface area contributed by atoms with Crippen molar-refractivity contribution in [1.82, 2.24) is 4.72 Å². The van der Waals surface area contributed by atoms with Crippen molar-refractivity contribution in [2.45, 2.75) is 36.6 Å². The van der Waals surface area contributed by atoms with Gasteiger partial charge >= 0.3 is 0 Å². The lowest BCUT2D eigenvalue weighted by Gasteiger charge is -2.13. The average Bonchev–Trinajstić information content (AvgIpc) is 2.80. The minimum atomic E-state index is -3.71. The summed E-state index contributed by atoms with van der Waals surface area (Å²) in [6.07, 6.45) is 3.63. The fraction of sp³-hybridized carbons (Fsp3) is 0.455. The number of nitro groups is 1. The molecule has 19 heavy (non-hydrogen) atoms. The topological polar surface area (TPSA) is 115 Å². The first-order chi connectivity index (χ1) is 8.90.